The molecule has 4 heterocycles. The highest BCUT2D eigenvalue weighted by atomic mass is 16.5. The average molecular weight is 1720 g/mol. The molecule has 0 atom stereocenters. The zero-order valence-electron chi connectivity index (χ0n) is 75.0. The molecule has 0 amide bonds. The van der Waals surface area contributed by atoms with E-state index in [-0.39, 0.29) is 16.2 Å². The lowest BCUT2D eigenvalue weighted by molar-refractivity contribution is 0.423. The summed E-state index contributed by atoms with van der Waals surface area (Å²) < 4.78 is 26.1. The molecule has 0 unspecified atom stereocenters. The number of rotatable bonds is 11. The molecule has 3 aromatic heterocycles. The van der Waals surface area contributed by atoms with Gasteiger partial charge in [-0.3, -0.25) is 0 Å². The molecule has 24 aromatic rings. The maximum absolute atomic E-state index is 6.60. The third-order valence-corrected chi connectivity index (χ3v) is 28.5. The van der Waals surface area contributed by atoms with Crippen LogP contribution in [0.3, 0.4) is 0 Å². The number of furan rings is 3. The van der Waals surface area contributed by atoms with E-state index in [0.717, 1.165) is 156 Å². The number of hydrogen-bond donors (Lipinski definition) is 3. The van der Waals surface area contributed by atoms with Gasteiger partial charge in [0.1, 0.15) is 45.0 Å². The molecule has 0 radical (unpaired) electrons. The number of fused-ring (bicyclic) bond motifs is 23. The highest BCUT2D eigenvalue weighted by molar-refractivity contribution is 6.18. The first kappa shape index (κ1) is 79.4. The van der Waals surface area contributed by atoms with Crippen LogP contribution >= 0.6 is 0 Å². The lowest BCUT2D eigenvalue weighted by Gasteiger charge is -2.35. The quantitative estimate of drug-likeness (QED) is 0.119. The first-order valence-corrected chi connectivity index (χ1v) is 46.3. The van der Waals surface area contributed by atoms with Crippen molar-refractivity contribution in [3.63, 3.8) is 0 Å². The molecule has 7 nitrogen and oxygen atoms in total. The molecule has 0 bridgehead atoms. The molecular formula is C127H91N3O4. The Morgan fingerprint density at radius 1 is 0.201 bits per heavy atom. The monoisotopic (exact) mass is 1720 g/mol. The van der Waals surface area contributed by atoms with Crippen molar-refractivity contribution in [2.75, 3.05) is 16.0 Å². The third kappa shape index (κ3) is 13.2. The Hall–Kier alpha value is -16.7. The molecule has 1 aliphatic heterocycles. The fraction of sp³-hybridized carbons (Fsp3) is 0.0709. The Bertz CT molecular complexity index is 8920. The summed E-state index contributed by atoms with van der Waals surface area (Å²) in [6, 6.07) is 152. The van der Waals surface area contributed by atoms with Crippen molar-refractivity contribution in [3.05, 3.63) is 458 Å². The second-order valence-electron chi connectivity index (χ2n) is 37.5. The standard InChI is InChI=1S/C47H33NO.C41H29NO2.C39H29NO/c1-47(2)43-26-32(21-24-38(43)40-25-20-31-11-4-6-14-36(31)45(40)47)29-18-22-33(23-19-29)48-34-27-41(37-16-9-12-30-10-3-5-13-35(30)37)46-42(28-34)39-15-7-8-17-44(39)49-46;1-41(2)35-19-17-26-10-5-6-12-31(26)40(35)44-38-20-18-29(24-36(38)41)42-30-22-33(28-16-15-25-9-3-4-11-27(25)21-28)39-34(23-30)32-13-7-8-14-37(32)43-39;1-39(2)32-17-9-6-15-29(32)30-21-20-26(24-33(30)39)27-14-7-10-18-34(27)40-35-23-22-28(25-12-4-3-5-13-25)38-37(35)31-16-8-11-19-36(31)41-38/h3-28,48H,1-2H3;3-24,42H,1-2H3;3-24,40H,1-2H3. The third-order valence-electron chi connectivity index (χ3n) is 28.5. The Morgan fingerprint density at radius 3 is 1.43 bits per heavy atom. The van der Waals surface area contributed by atoms with Gasteiger partial charge >= 0.3 is 0 Å². The molecule has 21 aromatic carbocycles. The van der Waals surface area contributed by atoms with Crippen molar-refractivity contribution in [3.8, 4) is 89.4 Å². The lowest BCUT2D eigenvalue weighted by atomic mass is 9.75. The zero-order valence-corrected chi connectivity index (χ0v) is 75.0. The van der Waals surface area contributed by atoms with Crippen molar-refractivity contribution >= 4 is 143 Å². The number of hydrogen-bond acceptors (Lipinski definition) is 7. The summed E-state index contributed by atoms with van der Waals surface area (Å²) in [5.74, 6) is 1.86. The number of ether oxygens (including phenoxy) is 1. The molecule has 27 rings (SSSR count). The van der Waals surface area contributed by atoms with Gasteiger partial charge in [-0.15, -0.1) is 0 Å². The highest BCUT2D eigenvalue weighted by Gasteiger charge is 2.40. The molecule has 638 valence electrons. The maximum atomic E-state index is 6.60. The van der Waals surface area contributed by atoms with Crippen LogP contribution in [0.25, 0.3) is 187 Å². The number of benzene rings is 21. The van der Waals surface area contributed by atoms with Crippen molar-refractivity contribution < 1.29 is 18.0 Å². The van der Waals surface area contributed by atoms with E-state index in [1.165, 1.54) is 110 Å². The highest BCUT2D eigenvalue weighted by Crippen LogP contribution is 2.56. The van der Waals surface area contributed by atoms with E-state index in [1.807, 2.05) is 36.4 Å². The van der Waals surface area contributed by atoms with Gasteiger partial charge in [0.2, 0.25) is 0 Å². The van der Waals surface area contributed by atoms with Crippen LogP contribution in [-0.4, -0.2) is 0 Å². The molecule has 0 saturated carbocycles. The minimum absolute atomic E-state index is 0.0422. The van der Waals surface area contributed by atoms with Crippen LogP contribution in [0.15, 0.2) is 438 Å². The van der Waals surface area contributed by atoms with E-state index in [0.29, 0.717) is 0 Å². The Morgan fingerprint density at radius 2 is 0.679 bits per heavy atom. The van der Waals surface area contributed by atoms with E-state index in [1.54, 1.807) is 0 Å². The fourth-order valence-electron chi connectivity index (χ4n) is 21.8. The Labute approximate surface area is 776 Å². The Balaban J connectivity index is 0.000000108. The molecule has 3 aliphatic rings. The van der Waals surface area contributed by atoms with Crippen LogP contribution in [0, 0.1) is 0 Å². The summed E-state index contributed by atoms with van der Waals surface area (Å²) in [6.45, 7) is 14.0. The zero-order chi connectivity index (χ0) is 89.7. The smallest absolute Gasteiger partial charge is 0.145 e. The van der Waals surface area contributed by atoms with E-state index in [2.05, 4.69) is 446 Å². The van der Waals surface area contributed by atoms with Gasteiger partial charge in [-0.2, -0.15) is 0 Å². The number of anilines is 6. The first-order valence-electron chi connectivity index (χ1n) is 46.3. The summed E-state index contributed by atoms with van der Waals surface area (Å²) in [5, 5.41) is 27.8. The molecule has 7 heteroatoms. The van der Waals surface area contributed by atoms with Crippen LogP contribution in [0.4, 0.5) is 34.1 Å². The molecular weight excluding hydrogens is 1630 g/mol. The lowest BCUT2D eigenvalue weighted by Crippen LogP contribution is -2.24. The molecule has 0 fully saturated rings. The maximum Gasteiger partial charge on any atom is 0.145 e. The molecule has 134 heavy (non-hydrogen) atoms. The van der Waals surface area contributed by atoms with Crippen molar-refractivity contribution in [2.45, 2.75) is 57.8 Å². The second kappa shape index (κ2) is 31.3. The SMILES string of the molecule is CC1(C)c2cc(-c3ccc(Nc4cc(-c5cccc6ccccc56)c5oc6ccccc6c5c4)cc3)ccc2-c2ccc3ccccc3c21.CC1(C)c2cc(Nc3cc(-c4ccc5ccccc5c4)c4oc5ccccc5c4c3)ccc2Oc2c1ccc1ccccc21.CC1(C)c2ccccc2-c2ccc(-c3ccccc3Nc3ccc(-c4ccccc4)c4oc5ccccc5c34)cc21. The Kier molecular flexibility index (Phi) is 18.5. The van der Waals surface area contributed by atoms with Gasteiger partial charge in [0, 0.05) is 110 Å². The molecule has 3 N–H and O–H groups in total. The van der Waals surface area contributed by atoms with Crippen LogP contribution in [0.5, 0.6) is 11.5 Å². The van der Waals surface area contributed by atoms with Gasteiger partial charge in [-0.05, 0) is 225 Å². The molecule has 0 spiro atoms. The van der Waals surface area contributed by atoms with Crippen LogP contribution < -0.4 is 20.7 Å². The number of para-hydroxylation sites is 4. The van der Waals surface area contributed by atoms with Gasteiger partial charge in [0.15, 0.2) is 0 Å². The van der Waals surface area contributed by atoms with Gasteiger partial charge in [-0.25, -0.2) is 0 Å². The normalized spacial score (nSPS) is 13.4. The van der Waals surface area contributed by atoms with E-state index < -0.39 is 0 Å². The predicted octanol–water partition coefficient (Wildman–Crippen LogP) is 36.0. The predicted molar refractivity (Wildman–Crippen MR) is 561 cm³/mol. The van der Waals surface area contributed by atoms with Crippen LogP contribution in [0.1, 0.15) is 74.9 Å². The second-order valence-corrected chi connectivity index (χ2v) is 37.5. The summed E-state index contributed by atoms with van der Waals surface area (Å²) in [4.78, 5) is 0. The summed E-state index contributed by atoms with van der Waals surface area (Å²) in [7, 11) is 0. The topological polar surface area (TPSA) is 84.7 Å². The fourth-order valence-corrected chi connectivity index (χ4v) is 21.8. The van der Waals surface area contributed by atoms with Crippen LogP contribution in [0.2, 0.25) is 0 Å². The van der Waals surface area contributed by atoms with Crippen molar-refractivity contribution in [1.29, 1.82) is 0 Å². The number of nitrogens with one attached hydrogen (secondary N) is 3. The van der Waals surface area contributed by atoms with Crippen molar-refractivity contribution in [1.82, 2.24) is 0 Å². The van der Waals surface area contributed by atoms with E-state index >= 15 is 0 Å². The average Bonchev–Trinajstić information content (AvgIpc) is 1.49. The largest absolute Gasteiger partial charge is 0.456 e. The van der Waals surface area contributed by atoms with Crippen LogP contribution in [-0.2, 0) is 16.2 Å². The molecule has 2 aliphatic carbocycles. The minimum Gasteiger partial charge on any atom is -0.456 e. The summed E-state index contributed by atoms with van der Waals surface area (Å²) in [5.41, 5.74) is 36.1. The van der Waals surface area contributed by atoms with Gasteiger partial charge in [0.05, 0.1) is 11.1 Å². The van der Waals surface area contributed by atoms with Gasteiger partial charge in [-0.1, -0.05) is 357 Å². The van der Waals surface area contributed by atoms with E-state index in [9.17, 15) is 0 Å². The first-order chi connectivity index (χ1) is 65.6. The minimum atomic E-state index is -0.231. The van der Waals surface area contributed by atoms with Gasteiger partial charge < -0.3 is 33.9 Å². The molecule has 0 saturated heterocycles. The summed E-state index contributed by atoms with van der Waals surface area (Å²) in [6.07, 6.45) is 0. The van der Waals surface area contributed by atoms with Gasteiger partial charge in [0.25, 0.3) is 0 Å². The summed E-state index contributed by atoms with van der Waals surface area (Å²) >= 11 is 0. The van der Waals surface area contributed by atoms with E-state index in [4.69, 9.17) is 18.0 Å². The van der Waals surface area contributed by atoms with Crippen molar-refractivity contribution in [2.24, 2.45) is 0 Å².